The molecule has 0 saturated heterocycles. The summed E-state index contributed by atoms with van der Waals surface area (Å²) in [6.07, 6.45) is 45.8. The third-order valence-corrected chi connectivity index (χ3v) is 9.38. The molecule has 0 aromatic heterocycles. The second kappa shape index (κ2) is 38.7. The Labute approximate surface area is 303 Å². The van der Waals surface area contributed by atoms with Crippen LogP contribution in [0.5, 0.6) is 0 Å². The zero-order valence-corrected chi connectivity index (χ0v) is 32.3. The van der Waals surface area contributed by atoms with Crippen molar-refractivity contribution in [1.29, 1.82) is 0 Å². The van der Waals surface area contributed by atoms with Gasteiger partial charge in [0.15, 0.2) is 0 Å². The summed E-state index contributed by atoms with van der Waals surface area (Å²) in [4.78, 5) is 35.0. The molecule has 0 bridgehead atoms. The van der Waals surface area contributed by atoms with Crippen LogP contribution in [0.4, 0.5) is 0 Å². The molecular formula is C43H79NO5. The molecule has 286 valence electrons. The Morgan fingerprint density at radius 3 is 1.45 bits per heavy atom. The van der Waals surface area contributed by atoms with Crippen molar-refractivity contribution in [3.63, 3.8) is 0 Å². The van der Waals surface area contributed by atoms with Crippen molar-refractivity contribution < 1.29 is 24.2 Å². The molecule has 0 aliphatic heterocycles. The SMILES string of the molecule is CCCCC/C=C\C/C=C\CCCCCCCC(=O)OC(CCCCCCCCCCCCCC)CCCCCCCC(=O)NCC(=O)O. The monoisotopic (exact) mass is 690 g/mol. The highest BCUT2D eigenvalue weighted by molar-refractivity contribution is 5.80. The van der Waals surface area contributed by atoms with Crippen molar-refractivity contribution in [3.8, 4) is 0 Å². The lowest BCUT2D eigenvalue weighted by Gasteiger charge is -2.18. The molecule has 0 aromatic carbocycles. The molecule has 49 heavy (non-hydrogen) atoms. The van der Waals surface area contributed by atoms with Gasteiger partial charge in [0.2, 0.25) is 5.91 Å². The van der Waals surface area contributed by atoms with Crippen molar-refractivity contribution in [1.82, 2.24) is 5.32 Å². The molecule has 1 unspecified atom stereocenters. The Morgan fingerprint density at radius 2 is 0.939 bits per heavy atom. The van der Waals surface area contributed by atoms with Crippen molar-refractivity contribution >= 4 is 17.8 Å². The average Bonchev–Trinajstić information content (AvgIpc) is 3.08. The number of allylic oxidation sites excluding steroid dienone is 4. The molecule has 0 heterocycles. The molecule has 6 heteroatoms. The molecule has 0 aliphatic carbocycles. The summed E-state index contributed by atoms with van der Waals surface area (Å²) in [5, 5.41) is 11.1. The van der Waals surface area contributed by atoms with Crippen molar-refractivity contribution in [3.05, 3.63) is 24.3 Å². The van der Waals surface area contributed by atoms with Crippen LogP contribution in [0.1, 0.15) is 219 Å². The number of carboxylic acids is 1. The molecule has 0 rings (SSSR count). The molecule has 1 amide bonds. The molecule has 0 radical (unpaired) electrons. The normalized spacial score (nSPS) is 12.2. The fourth-order valence-corrected chi connectivity index (χ4v) is 6.25. The van der Waals surface area contributed by atoms with Gasteiger partial charge < -0.3 is 15.2 Å². The van der Waals surface area contributed by atoms with Crippen molar-refractivity contribution in [2.75, 3.05) is 6.54 Å². The first kappa shape index (κ1) is 46.9. The lowest BCUT2D eigenvalue weighted by Crippen LogP contribution is -2.28. The maximum Gasteiger partial charge on any atom is 0.322 e. The second-order valence-electron chi connectivity index (χ2n) is 14.2. The zero-order valence-electron chi connectivity index (χ0n) is 32.3. The third kappa shape index (κ3) is 38.5. The van der Waals surface area contributed by atoms with E-state index in [1.54, 1.807) is 0 Å². The Hall–Kier alpha value is -2.11. The summed E-state index contributed by atoms with van der Waals surface area (Å²) >= 11 is 0. The van der Waals surface area contributed by atoms with Crippen molar-refractivity contribution in [2.24, 2.45) is 0 Å². The lowest BCUT2D eigenvalue weighted by atomic mass is 10.0. The average molecular weight is 690 g/mol. The molecule has 6 nitrogen and oxygen atoms in total. The van der Waals surface area contributed by atoms with Gasteiger partial charge in [-0.25, -0.2) is 0 Å². The van der Waals surface area contributed by atoms with Crippen LogP contribution in [0.25, 0.3) is 0 Å². The van der Waals surface area contributed by atoms with E-state index in [9.17, 15) is 14.4 Å². The predicted octanol–water partition coefficient (Wildman–Crippen LogP) is 12.7. The summed E-state index contributed by atoms with van der Waals surface area (Å²) < 4.78 is 6.02. The first-order valence-electron chi connectivity index (χ1n) is 21.0. The van der Waals surface area contributed by atoms with Crippen LogP contribution >= 0.6 is 0 Å². The molecule has 0 saturated carbocycles. The minimum atomic E-state index is -1.02. The fraction of sp³-hybridized carbons (Fsp3) is 0.837. The van der Waals surface area contributed by atoms with Gasteiger partial charge in [-0.15, -0.1) is 0 Å². The molecule has 0 fully saturated rings. The van der Waals surface area contributed by atoms with Gasteiger partial charge in [-0.2, -0.15) is 0 Å². The Balaban J connectivity index is 4.18. The highest BCUT2D eigenvalue weighted by Gasteiger charge is 2.14. The van der Waals surface area contributed by atoms with Gasteiger partial charge >= 0.3 is 11.9 Å². The number of nitrogens with one attached hydrogen (secondary N) is 1. The topological polar surface area (TPSA) is 92.7 Å². The largest absolute Gasteiger partial charge is 0.480 e. The van der Waals surface area contributed by atoms with Gasteiger partial charge in [-0.05, 0) is 70.6 Å². The van der Waals surface area contributed by atoms with Crippen LogP contribution in [0, 0.1) is 0 Å². The molecular weight excluding hydrogens is 610 g/mol. The van der Waals surface area contributed by atoms with E-state index >= 15 is 0 Å². The third-order valence-electron chi connectivity index (χ3n) is 9.38. The van der Waals surface area contributed by atoms with E-state index in [4.69, 9.17) is 9.84 Å². The first-order chi connectivity index (χ1) is 24.0. The van der Waals surface area contributed by atoms with Gasteiger partial charge in [-0.1, -0.05) is 160 Å². The van der Waals surface area contributed by atoms with E-state index in [0.717, 1.165) is 77.0 Å². The van der Waals surface area contributed by atoms with E-state index in [1.165, 1.54) is 116 Å². The fourth-order valence-electron chi connectivity index (χ4n) is 6.25. The van der Waals surface area contributed by atoms with Gasteiger partial charge in [0, 0.05) is 12.8 Å². The zero-order chi connectivity index (χ0) is 35.9. The number of hydrogen-bond donors (Lipinski definition) is 2. The highest BCUT2D eigenvalue weighted by Crippen LogP contribution is 2.19. The molecule has 0 aromatic rings. The number of aliphatic carboxylic acids is 1. The number of unbranched alkanes of at least 4 members (excludes halogenated alkanes) is 23. The lowest BCUT2D eigenvalue weighted by molar-refractivity contribution is -0.150. The van der Waals surface area contributed by atoms with Gasteiger partial charge in [0.05, 0.1) is 0 Å². The number of rotatable bonds is 38. The van der Waals surface area contributed by atoms with Gasteiger partial charge in [-0.3, -0.25) is 14.4 Å². The van der Waals surface area contributed by atoms with Gasteiger partial charge in [0.1, 0.15) is 12.6 Å². The molecule has 2 N–H and O–H groups in total. The predicted molar refractivity (Wildman–Crippen MR) is 208 cm³/mol. The summed E-state index contributed by atoms with van der Waals surface area (Å²) in [6, 6.07) is 0. The number of esters is 1. The van der Waals surface area contributed by atoms with Gasteiger partial charge in [0.25, 0.3) is 0 Å². The quantitative estimate of drug-likeness (QED) is 0.0382. The minimum Gasteiger partial charge on any atom is -0.480 e. The van der Waals surface area contributed by atoms with Crippen molar-refractivity contribution in [2.45, 2.75) is 225 Å². The van der Waals surface area contributed by atoms with Crippen LogP contribution < -0.4 is 5.32 Å². The summed E-state index contributed by atoms with van der Waals surface area (Å²) in [7, 11) is 0. The first-order valence-corrected chi connectivity index (χ1v) is 21.0. The number of carboxylic acid groups (broad SMARTS) is 1. The van der Waals surface area contributed by atoms with E-state index in [2.05, 4.69) is 43.5 Å². The highest BCUT2D eigenvalue weighted by atomic mass is 16.5. The second-order valence-corrected chi connectivity index (χ2v) is 14.2. The van der Waals surface area contributed by atoms with E-state index in [1.807, 2.05) is 0 Å². The molecule has 0 spiro atoms. The van der Waals surface area contributed by atoms with Crippen LogP contribution in [0.15, 0.2) is 24.3 Å². The summed E-state index contributed by atoms with van der Waals surface area (Å²) in [6.45, 7) is 4.20. The standard InChI is InChI=1S/C43H79NO5/c1-3-5-7-9-11-13-15-17-18-19-21-23-25-30-34-38-43(48)49-40(35-31-27-24-22-20-16-14-12-10-8-6-4-2)36-32-28-26-29-33-37-41(45)44-39-42(46)47/h11,13,17-18,40H,3-10,12,14-16,19-39H2,1-2H3,(H,44,45)(H,46,47)/b13-11-,18-17-. The van der Waals surface area contributed by atoms with E-state index in [-0.39, 0.29) is 24.5 Å². The van der Waals surface area contributed by atoms with Crippen LogP contribution in [0.3, 0.4) is 0 Å². The number of carbonyl (C=O) groups is 3. The van der Waals surface area contributed by atoms with Crippen LogP contribution in [0.2, 0.25) is 0 Å². The van der Waals surface area contributed by atoms with E-state index < -0.39 is 5.97 Å². The maximum atomic E-state index is 12.7. The summed E-state index contributed by atoms with van der Waals surface area (Å²) in [5.74, 6) is -1.24. The Bertz CT molecular complexity index is 808. The number of amides is 1. The molecule has 1 atom stereocenters. The number of ether oxygens (including phenoxy) is 1. The maximum absolute atomic E-state index is 12.7. The smallest absolute Gasteiger partial charge is 0.322 e. The Kier molecular flexibility index (Phi) is 37.0. The summed E-state index contributed by atoms with van der Waals surface area (Å²) in [5.41, 5.74) is 0. The minimum absolute atomic E-state index is 0.0235. The van der Waals surface area contributed by atoms with Crippen LogP contribution in [-0.2, 0) is 19.1 Å². The van der Waals surface area contributed by atoms with Crippen LogP contribution in [-0.4, -0.2) is 35.6 Å². The Morgan fingerprint density at radius 1 is 0.531 bits per heavy atom. The number of carbonyl (C=O) groups excluding carboxylic acids is 2. The number of hydrogen-bond acceptors (Lipinski definition) is 4. The molecule has 0 aliphatic rings. The van der Waals surface area contributed by atoms with E-state index in [0.29, 0.717) is 12.8 Å².